The second-order valence-electron chi connectivity index (χ2n) is 4.35. The van der Waals surface area contributed by atoms with Gasteiger partial charge in [-0.05, 0) is 24.8 Å². The summed E-state index contributed by atoms with van der Waals surface area (Å²) >= 11 is 0. The average Bonchev–Trinajstić information content (AvgIpc) is 2.58. The molecule has 3 heteroatoms. The number of hydrogen-bond acceptors (Lipinski definition) is 2. The molecule has 0 N–H and O–H groups in total. The molecule has 0 radical (unpaired) electrons. The maximum absolute atomic E-state index is 11.3. The Kier molecular flexibility index (Phi) is 4.53. The molecule has 1 rings (SSSR count). The molecule has 0 bridgehead atoms. The fraction of sp³-hybridized carbons (Fsp3) is 0.667. The van der Waals surface area contributed by atoms with Crippen molar-refractivity contribution in [1.29, 1.82) is 0 Å². The molecule has 0 saturated heterocycles. The highest BCUT2D eigenvalue weighted by molar-refractivity contribution is 5.80. The van der Waals surface area contributed by atoms with E-state index in [1.807, 2.05) is 38.0 Å². The molecule has 1 aromatic rings. The van der Waals surface area contributed by atoms with Crippen molar-refractivity contribution in [3.05, 3.63) is 18.0 Å². The molecule has 0 aliphatic rings. The first-order valence-corrected chi connectivity index (χ1v) is 5.60. The molecule has 15 heavy (non-hydrogen) atoms. The molecule has 1 heterocycles. The van der Waals surface area contributed by atoms with Crippen LogP contribution in [0.5, 0.6) is 0 Å². The quantitative estimate of drug-likeness (QED) is 0.673. The number of ketones is 1. The van der Waals surface area contributed by atoms with E-state index in [-0.39, 0.29) is 5.92 Å². The van der Waals surface area contributed by atoms with E-state index in [1.54, 1.807) is 0 Å². The standard InChI is InChI=1S/C12H20N2O/c1-10(2)12(15)7-5-4-6-11-8-13-14(3)9-11/h8-10H,4-7H2,1-3H3. The number of nitrogens with zero attached hydrogens (tertiary/aromatic N) is 2. The van der Waals surface area contributed by atoms with Crippen LogP contribution in [0, 0.1) is 5.92 Å². The van der Waals surface area contributed by atoms with Gasteiger partial charge in [-0.25, -0.2) is 0 Å². The Morgan fingerprint density at radius 3 is 2.73 bits per heavy atom. The summed E-state index contributed by atoms with van der Waals surface area (Å²) < 4.78 is 1.81. The SMILES string of the molecule is CC(C)C(=O)CCCCc1cnn(C)c1. The van der Waals surface area contributed by atoms with Crippen LogP contribution in [0.1, 0.15) is 38.7 Å². The van der Waals surface area contributed by atoms with Crippen LogP contribution < -0.4 is 0 Å². The number of carbonyl (C=O) groups is 1. The van der Waals surface area contributed by atoms with E-state index in [2.05, 4.69) is 5.10 Å². The lowest BCUT2D eigenvalue weighted by Gasteiger charge is -2.02. The molecule has 84 valence electrons. The first-order chi connectivity index (χ1) is 7.09. The predicted octanol–water partition coefficient (Wildman–Crippen LogP) is 2.36. The molecule has 1 aromatic heterocycles. The van der Waals surface area contributed by atoms with E-state index in [0.717, 1.165) is 25.7 Å². The largest absolute Gasteiger partial charge is 0.299 e. The molecule has 0 amide bonds. The van der Waals surface area contributed by atoms with Gasteiger partial charge >= 0.3 is 0 Å². The zero-order valence-corrected chi connectivity index (χ0v) is 9.86. The maximum atomic E-state index is 11.3. The smallest absolute Gasteiger partial charge is 0.135 e. The molecular weight excluding hydrogens is 188 g/mol. The number of hydrogen-bond donors (Lipinski definition) is 0. The van der Waals surface area contributed by atoms with E-state index < -0.39 is 0 Å². The third-order valence-corrected chi connectivity index (χ3v) is 2.54. The number of rotatable bonds is 6. The van der Waals surface area contributed by atoms with Gasteiger partial charge in [-0.3, -0.25) is 9.48 Å². The summed E-state index contributed by atoms with van der Waals surface area (Å²) in [4.78, 5) is 11.3. The van der Waals surface area contributed by atoms with Gasteiger partial charge in [0.15, 0.2) is 0 Å². The highest BCUT2D eigenvalue weighted by Gasteiger charge is 2.06. The van der Waals surface area contributed by atoms with Crippen molar-refractivity contribution in [3.63, 3.8) is 0 Å². The molecule has 0 atom stereocenters. The lowest BCUT2D eigenvalue weighted by molar-refractivity contribution is -0.122. The first kappa shape index (κ1) is 12.0. The highest BCUT2D eigenvalue weighted by atomic mass is 16.1. The highest BCUT2D eigenvalue weighted by Crippen LogP contribution is 2.08. The van der Waals surface area contributed by atoms with E-state index in [0.29, 0.717) is 5.78 Å². The third kappa shape index (κ3) is 4.28. The summed E-state index contributed by atoms with van der Waals surface area (Å²) in [6.07, 6.45) is 7.74. The van der Waals surface area contributed by atoms with Crippen LogP contribution in [-0.4, -0.2) is 15.6 Å². The fourth-order valence-electron chi connectivity index (χ4n) is 1.52. The first-order valence-electron chi connectivity index (χ1n) is 5.60. The topological polar surface area (TPSA) is 34.9 Å². The van der Waals surface area contributed by atoms with E-state index in [9.17, 15) is 4.79 Å². The molecule has 0 aliphatic carbocycles. The number of unbranched alkanes of at least 4 members (excludes halogenated alkanes) is 1. The van der Waals surface area contributed by atoms with Crippen molar-refractivity contribution in [3.8, 4) is 0 Å². The Hall–Kier alpha value is -1.12. The number of aryl methyl sites for hydroxylation is 2. The molecule has 0 fully saturated rings. The van der Waals surface area contributed by atoms with Crippen molar-refractivity contribution in [1.82, 2.24) is 9.78 Å². The van der Waals surface area contributed by atoms with Crippen LogP contribution in [-0.2, 0) is 18.3 Å². The minimum absolute atomic E-state index is 0.184. The molecule has 0 aliphatic heterocycles. The number of Topliss-reactive ketones (excluding diaryl/α,β-unsaturated/α-hetero) is 1. The van der Waals surface area contributed by atoms with Crippen molar-refractivity contribution in [2.24, 2.45) is 13.0 Å². The predicted molar refractivity (Wildman–Crippen MR) is 60.6 cm³/mol. The van der Waals surface area contributed by atoms with Gasteiger partial charge in [0.2, 0.25) is 0 Å². The zero-order valence-electron chi connectivity index (χ0n) is 9.86. The van der Waals surface area contributed by atoms with E-state index in [1.165, 1.54) is 5.56 Å². The van der Waals surface area contributed by atoms with Crippen LogP contribution >= 0.6 is 0 Å². The molecule has 0 spiro atoms. The van der Waals surface area contributed by atoms with Crippen molar-refractivity contribution >= 4 is 5.78 Å². The Balaban J connectivity index is 2.15. The second kappa shape index (κ2) is 5.69. The van der Waals surface area contributed by atoms with Gasteiger partial charge in [0.25, 0.3) is 0 Å². The Labute approximate surface area is 91.5 Å². The van der Waals surface area contributed by atoms with Crippen LogP contribution in [0.25, 0.3) is 0 Å². The summed E-state index contributed by atoms with van der Waals surface area (Å²) in [7, 11) is 1.92. The maximum Gasteiger partial charge on any atom is 0.135 e. The van der Waals surface area contributed by atoms with Crippen molar-refractivity contribution < 1.29 is 4.79 Å². The van der Waals surface area contributed by atoms with E-state index in [4.69, 9.17) is 0 Å². The zero-order chi connectivity index (χ0) is 11.3. The van der Waals surface area contributed by atoms with Crippen molar-refractivity contribution in [2.75, 3.05) is 0 Å². The van der Waals surface area contributed by atoms with Gasteiger partial charge in [-0.1, -0.05) is 13.8 Å². The Bertz CT molecular complexity index is 315. The van der Waals surface area contributed by atoms with Gasteiger partial charge in [0, 0.05) is 25.6 Å². The monoisotopic (exact) mass is 208 g/mol. The minimum Gasteiger partial charge on any atom is -0.299 e. The summed E-state index contributed by atoms with van der Waals surface area (Å²) in [5, 5.41) is 4.11. The summed E-state index contributed by atoms with van der Waals surface area (Å²) in [6, 6.07) is 0. The second-order valence-corrected chi connectivity index (χ2v) is 4.35. The van der Waals surface area contributed by atoms with Gasteiger partial charge in [0.05, 0.1) is 6.20 Å². The Morgan fingerprint density at radius 2 is 2.20 bits per heavy atom. The molecular formula is C12H20N2O. The normalized spacial score (nSPS) is 10.9. The van der Waals surface area contributed by atoms with Crippen LogP contribution in [0.2, 0.25) is 0 Å². The third-order valence-electron chi connectivity index (χ3n) is 2.54. The van der Waals surface area contributed by atoms with Gasteiger partial charge < -0.3 is 0 Å². The van der Waals surface area contributed by atoms with Crippen LogP contribution in [0.15, 0.2) is 12.4 Å². The fourth-order valence-corrected chi connectivity index (χ4v) is 1.52. The number of aromatic nitrogens is 2. The van der Waals surface area contributed by atoms with Crippen LogP contribution in [0.3, 0.4) is 0 Å². The van der Waals surface area contributed by atoms with Crippen LogP contribution in [0.4, 0.5) is 0 Å². The Morgan fingerprint density at radius 1 is 1.47 bits per heavy atom. The molecule has 0 saturated carbocycles. The van der Waals surface area contributed by atoms with Gasteiger partial charge in [0.1, 0.15) is 5.78 Å². The molecule has 0 aromatic carbocycles. The average molecular weight is 208 g/mol. The summed E-state index contributed by atoms with van der Waals surface area (Å²) in [5.41, 5.74) is 1.26. The molecule has 3 nitrogen and oxygen atoms in total. The number of carbonyl (C=O) groups excluding carboxylic acids is 1. The summed E-state index contributed by atoms with van der Waals surface area (Å²) in [6.45, 7) is 3.92. The van der Waals surface area contributed by atoms with E-state index >= 15 is 0 Å². The van der Waals surface area contributed by atoms with Gasteiger partial charge in [-0.15, -0.1) is 0 Å². The summed E-state index contributed by atoms with van der Waals surface area (Å²) in [5.74, 6) is 0.560. The molecule has 0 unspecified atom stereocenters. The lowest BCUT2D eigenvalue weighted by atomic mass is 10.0. The minimum atomic E-state index is 0.184. The lowest BCUT2D eigenvalue weighted by Crippen LogP contribution is -2.06. The van der Waals surface area contributed by atoms with Gasteiger partial charge in [-0.2, -0.15) is 5.10 Å². The van der Waals surface area contributed by atoms with Crippen molar-refractivity contribution in [2.45, 2.75) is 39.5 Å².